The molecule has 0 aliphatic carbocycles. The normalized spacial score (nSPS) is 11.3. The van der Waals surface area contributed by atoms with Crippen molar-refractivity contribution >= 4 is 6.09 Å². The predicted molar refractivity (Wildman–Crippen MR) is 49.2 cm³/mol. The van der Waals surface area contributed by atoms with Gasteiger partial charge in [-0.3, -0.25) is 0 Å². The summed E-state index contributed by atoms with van der Waals surface area (Å²) in [6, 6.07) is 8.45. The van der Waals surface area contributed by atoms with Gasteiger partial charge in [0.05, 0.1) is 0 Å². The minimum atomic E-state index is -1.12. The van der Waals surface area contributed by atoms with E-state index in [1.165, 1.54) is 0 Å². The van der Waals surface area contributed by atoms with Crippen LogP contribution in [0.25, 0.3) is 0 Å². The first kappa shape index (κ1) is 9.14. The van der Waals surface area contributed by atoms with Crippen molar-refractivity contribution in [2.75, 3.05) is 0 Å². The zero-order chi connectivity index (χ0) is 9.68. The summed E-state index contributed by atoms with van der Waals surface area (Å²) in [7, 11) is 0. The summed E-state index contributed by atoms with van der Waals surface area (Å²) in [5.41, 5.74) is 0.771. The van der Waals surface area contributed by atoms with Crippen LogP contribution in [0.5, 0.6) is 0 Å². The van der Waals surface area contributed by atoms with Crippen LogP contribution >= 0.6 is 0 Å². The largest absolute Gasteiger partial charge is 0.465 e. The first-order valence-electron chi connectivity index (χ1n) is 3.74. The lowest BCUT2D eigenvalue weighted by atomic mass is 10.1. The standard InChI is InChI=1S/C10H9NO2/c1-2-9(11-10(12)13)8-6-4-3-5-7-8/h1,3-7,9,11H,(H,12,13). The number of amides is 1. The minimum Gasteiger partial charge on any atom is -0.465 e. The molecule has 1 rings (SSSR count). The molecule has 1 aromatic rings. The van der Waals surface area contributed by atoms with Crippen LogP contribution in [0.1, 0.15) is 11.6 Å². The molecule has 3 nitrogen and oxygen atoms in total. The Morgan fingerprint density at radius 2 is 2.08 bits per heavy atom. The highest BCUT2D eigenvalue weighted by atomic mass is 16.4. The Morgan fingerprint density at radius 1 is 1.46 bits per heavy atom. The van der Waals surface area contributed by atoms with Gasteiger partial charge in [0.15, 0.2) is 0 Å². The highest BCUT2D eigenvalue weighted by molar-refractivity contribution is 5.66. The molecule has 1 aromatic carbocycles. The van der Waals surface area contributed by atoms with Gasteiger partial charge in [-0.15, -0.1) is 6.42 Å². The molecule has 13 heavy (non-hydrogen) atoms. The van der Waals surface area contributed by atoms with Gasteiger partial charge in [-0.05, 0) is 5.56 Å². The third kappa shape index (κ3) is 2.53. The number of carbonyl (C=O) groups is 1. The highest BCUT2D eigenvalue weighted by Gasteiger charge is 2.08. The molecule has 0 aliphatic heterocycles. The van der Waals surface area contributed by atoms with Crippen molar-refractivity contribution in [2.24, 2.45) is 0 Å². The van der Waals surface area contributed by atoms with E-state index in [9.17, 15) is 4.79 Å². The minimum absolute atomic E-state index is 0.571. The van der Waals surface area contributed by atoms with Crippen LogP contribution < -0.4 is 5.32 Å². The van der Waals surface area contributed by atoms with Crippen molar-refractivity contribution in [3.8, 4) is 12.3 Å². The van der Waals surface area contributed by atoms with Crippen LogP contribution in [0.2, 0.25) is 0 Å². The Kier molecular flexibility index (Phi) is 2.93. The average molecular weight is 175 g/mol. The van der Waals surface area contributed by atoms with Crippen LogP contribution in [0, 0.1) is 12.3 Å². The smallest absolute Gasteiger partial charge is 0.405 e. The molecule has 0 bridgehead atoms. The van der Waals surface area contributed by atoms with E-state index in [0.717, 1.165) is 5.56 Å². The van der Waals surface area contributed by atoms with E-state index < -0.39 is 12.1 Å². The average Bonchev–Trinajstić information content (AvgIpc) is 2.15. The lowest BCUT2D eigenvalue weighted by molar-refractivity contribution is 0.192. The number of hydrogen-bond donors (Lipinski definition) is 2. The van der Waals surface area contributed by atoms with Crippen LogP contribution in [-0.4, -0.2) is 11.2 Å². The summed E-state index contributed by atoms with van der Waals surface area (Å²) in [5, 5.41) is 10.7. The molecule has 0 saturated carbocycles. The maximum atomic E-state index is 10.3. The Morgan fingerprint density at radius 3 is 2.54 bits per heavy atom. The van der Waals surface area contributed by atoms with Crippen LogP contribution in [0.3, 0.4) is 0 Å². The van der Waals surface area contributed by atoms with E-state index in [4.69, 9.17) is 11.5 Å². The molecule has 0 spiro atoms. The van der Waals surface area contributed by atoms with Crippen molar-refractivity contribution < 1.29 is 9.90 Å². The molecule has 0 saturated heterocycles. The Hall–Kier alpha value is -1.95. The molecule has 0 heterocycles. The fourth-order valence-electron chi connectivity index (χ4n) is 0.990. The summed E-state index contributed by atoms with van der Waals surface area (Å²) >= 11 is 0. The lowest BCUT2D eigenvalue weighted by Gasteiger charge is -2.09. The predicted octanol–water partition coefficient (Wildman–Crippen LogP) is 1.63. The molecular weight excluding hydrogens is 166 g/mol. The molecular formula is C10H9NO2. The number of rotatable bonds is 2. The van der Waals surface area contributed by atoms with E-state index in [2.05, 4.69) is 11.2 Å². The van der Waals surface area contributed by atoms with Gasteiger partial charge in [-0.25, -0.2) is 4.79 Å². The van der Waals surface area contributed by atoms with Crippen molar-refractivity contribution in [3.05, 3.63) is 35.9 Å². The number of carboxylic acid groups (broad SMARTS) is 1. The topological polar surface area (TPSA) is 49.3 Å². The first-order chi connectivity index (χ1) is 6.24. The van der Waals surface area contributed by atoms with E-state index >= 15 is 0 Å². The van der Waals surface area contributed by atoms with Crippen molar-refractivity contribution in [3.63, 3.8) is 0 Å². The second-order valence-electron chi connectivity index (χ2n) is 2.46. The summed E-state index contributed by atoms with van der Waals surface area (Å²) in [4.78, 5) is 10.3. The molecule has 0 aromatic heterocycles. The fraction of sp³-hybridized carbons (Fsp3) is 0.100. The van der Waals surface area contributed by atoms with Gasteiger partial charge in [0.2, 0.25) is 0 Å². The van der Waals surface area contributed by atoms with Gasteiger partial charge < -0.3 is 10.4 Å². The number of benzene rings is 1. The monoisotopic (exact) mass is 175 g/mol. The third-order valence-corrected chi connectivity index (χ3v) is 1.57. The quantitative estimate of drug-likeness (QED) is 0.671. The SMILES string of the molecule is C#CC(NC(=O)O)c1ccccc1. The number of terminal acetylenes is 1. The van der Waals surface area contributed by atoms with Gasteiger partial charge in [-0.2, -0.15) is 0 Å². The van der Waals surface area contributed by atoms with Crippen molar-refractivity contribution in [1.29, 1.82) is 0 Å². The molecule has 0 aliphatic rings. The van der Waals surface area contributed by atoms with E-state index in [1.807, 2.05) is 18.2 Å². The van der Waals surface area contributed by atoms with Crippen molar-refractivity contribution in [1.82, 2.24) is 5.32 Å². The Balaban J connectivity index is 2.80. The molecule has 3 heteroatoms. The second kappa shape index (κ2) is 4.17. The van der Waals surface area contributed by atoms with E-state index in [1.54, 1.807) is 12.1 Å². The van der Waals surface area contributed by atoms with Gasteiger partial charge >= 0.3 is 6.09 Å². The Labute approximate surface area is 76.4 Å². The fourth-order valence-corrected chi connectivity index (χ4v) is 0.990. The zero-order valence-electron chi connectivity index (χ0n) is 6.90. The first-order valence-corrected chi connectivity index (χ1v) is 3.74. The van der Waals surface area contributed by atoms with Gasteiger partial charge in [-0.1, -0.05) is 36.3 Å². The zero-order valence-corrected chi connectivity index (χ0v) is 6.90. The number of hydrogen-bond acceptors (Lipinski definition) is 1. The molecule has 0 fully saturated rings. The van der Waals surface area contributed by atoms with Gasteiger partial charge in [0.1, 0.15) is 6.04 Å². The van der Waals surface area contributed by atoms with E-state index in [-0.39, 0.29) is 0 Å². The van der Waals surface area contributed by atoms with Crippen molar-refractivity contribution in [2.45, 2.75) is 6.04 Å². The highest BCUT2D eigenvalue weighted by Crippen LogP contribution is 2.10. The van der Waals surface area contributed by atoms with Crippen LogP contribution in [0.15, 0.2) is 30.3 Å². The number of nitrogens with one attached hydrogen (secondary N) is 1. The summed E-state index contributed by atoms with van der Waals surface area (Å²) in [5.74, 6) is 2.36. The maximum Gasteiger partial charge on any atom is 0.405 e. The van der Waals surface area contributed by atoms with Gasteiger partial charge in [0, 0.05) is 0 Å². The molecule has 1 amide bonds. The molecule has 66 valence electrons. The van der Waals surface area contributed by atoms with Crippen LogP contribution in [-0.2, 0) is 0 Å². The summed E-state index contributed by atoms with van der Waals surface area (Å²) in [6.45, 7) is 0. The lowest BCUT2D eigenvalue weighted by Crippen LogP contribution is -2.25. The maximum absolute atomic E-state index is 10.3. The van der Waals surface area contributed by atoms with Crippen LogP contribution in [0.4, 0.5) is 4.79 Å². The Bertz CT molecular complexity index is 327. The van der Waals surface area contributed by atoms with Gasteiger partial charge in [0.25, 0.3) is 0 Å². The molecule has 2 N–H and O–H groups in total. The molecule has 0 radical (unpaired) electrons. The summed E-state index contributed by atoms with van der Waals surface area (Å²) < 4.78 is 0. The third-order valence-electron chi connectivity index (χ3n) is 1.57. The van der Waals surface area contributed by atoms with E-state index in [0.29, 0.717) is 0 Å². The summed E-state index contributed by atoms with van der Waals surface area (Å²) in [6.07, 6.45) is 4.06. The molecule has 1 unspecified atom stereocenters. The second-order valence-corrected chi connectivity index (χ2v) is 2.46. The molecule has 1 atom stereocenters.